The van der Waals surface area contributed by atoms with Crippen molar-refractivity contribution >= 4 is 37.5 Å². The standard InChI is InChI=1S/C11H15BrN2O3S/c1-13(2)11(15)8-14(18(3,16)17)10-6-4-5-9(12)7-10/h4-7H,8H2,1-3H3. The summed E-state index contributed by atoms with van der Waals surface area (Å²) in [4.78, 5) is 13.0. The highest BCUT2D eigenvalue weighted by Gasteiger charge is 2.21. The molecule has 18 heavy (non-hydrogen) atoms. The number of hydrogen-bond donors (Lipinski definition) is 0. The molecule has 0 aromatic heterocycles. The number of carbonyl (C=O) groups excluding carboxylic acids is 1. The molecular formula is C11H15BrN2O3S. The molecule has 0 N–H and O–H groups in total. The van der Waals surface area contributed by atoms with Gasteiger partial charge in [0.2, 0.25) is 15.9 Å². The van der Waals surface area contributed by atoms with Gasteiger partial charge in [-0.1, -0.05) is 22.0 Å². The van der Waals surface area contributed by atoms with Crippen molar-refractivity contribution in [1.29, 1.82) is 0 Å². The fourth-order valence-corrected chi connectivity index (χ4v) is 2.52. The number of sulfonamides is 1. The summed E-state index contributed by atoms with van der Waals surface area (Å²) in [5.41, 5.74) is 0.460. The Morgan fingerprint density at radius 1 is 1.33 bits per heavy atom. The summed E-state index contributed by atoms with van der Waals surface area (Å²) in [6.07, 6.45) is 1.08. The molecule has 5 nitrogen and oxygen atoms in total. The van der Waals surface area contributed by atoms with Crippen molar-refractivity contribution in [2.75, 3.05) is 31.2 Å². The third-order valence-corrected chi connectivity index (χ3v) is 3.91. The third kappa shape index (κ3) is 3.99. The van der Waals surface area contributed by atoms with Crippen molar-refractivity contribution in [2.24, 2.45) is 0 Å². The lowest BCUT2D eigenvalue weighted by Crippen LogP contribution is -2.39. The van der Waals surface area contributed by atoms with Crippen molar-refractivity contribution in [3.63, 3.8) is 0 Å². The first-order valence-electron chi connectivity index (χ1n) is 5.15. The van der Waals surface area contributed by atoms with Crippen LogP contribution in [0.3, 0.4) is 0 Å². The van der Waals surface area contributed by atoms with Gasteiger partial charge in [0.15, 0.2) is 0 Å². The maximum atomic E-state index is 11.7. The quantitative estimate of drug-likeness (QED) is 0.833. The summed E-state index contributed by atoms with van der Waals surface area (Å²) in [6, 6.07) is 6.81. The summed E-state index contributed by atoms with van der Waals surface area (Å²) in [6.45, 7) is -0.206. The molecule has 0 aliphatic carbocycles. The van der Waals surface area contributed by atoms with Gasteiger partial charge >= 0.3 is 0 Å². The largest absolute Gasteiger partial charge is 0.347 e. The average Bonchev–Trinajstić information content (AvgIpc) is 2.23. The molecule has 0 aliphatic heterocycles. The second-order valence-corrected chi connectivity index (χ2v) is 6.86. The lowest BCUT2D eigenvalue weighted by atomic mass is 10.3. The third-order valence-electron chi connectivity index (χ3n) is 2.27. The molecule has 0 spiro atoms. The fraction of sp³-hybridized carbons (Fsp3) is 0.364. The van der Waals surface area contributed by atoms with Gasteiger partial charge in [-0.05, 0) is 18.2 Å². The Bertz CT molecular complexity index is 543. The van der Waals surface area contributed by atoms with Crippen LogP contribution in [0.15, 0.2) is 28.7 Å². The van der Waals surface area contributed by atoms with Crippen LogP contribution in [0.5, 0.6) is 0 Å². The first kappa shape index (κ1) is 15.0. The van der Waals surface area contributed by atoms with Crippen LogP contribution in [-0.4, -0.2) is 46.1 Å². The molecule has 0 atom stereocenters. The molecule has 7 heteroatoms. The maximum Gasteiger partial charge on any atom is 0.242 e. The van der Waals surface area contributed by atoms with Crippen LogP contribution in [-0.2, 0) is 14.8 Å². The monoisotopic (exact) mass is 334 g/mol. The van der Waals surface area contributed by atoms with E-state index in [4.69, 9.17) is 0 Å². The van der Waals surface area contributed by atoms with Gasteiger partial charge in [-0.3, -0.25) is 9.10 Å². The molecule has 0 aliphatic rings. The predicted molar refractivity (Wildman–Crippen MR) is 75.0 cm³/mol. The Kier molecular flexibility index (Phi) is 4.75. The smallest absolute Gasteiger partial charge is 0.242 e. The molecule has 0 unspecified atom stereocenters. The zero-order chi connectivity index (χ0) is 13.9. The van der Waals surface area contributed by atoms with Crippen LogP contribution in [0.1, 0.15) is 0 Å². The number of hydrogen-bond acceptors (Lipinski definition) is 3. The number of amides is 1. The number of carbonyl (C=O) groups is 1. The number of benzene rings is 1. The van der Waals surface area contributed by atoms with Crippen molar-refractivity contribution in [3.05, 3.63) is 28.7 Å². The molecule has 0 fully saturated rings. The SMILES string of the molecule is CN(C)C(=O)CN(c1cccc(Br)c1)S(C)(=O)=O. The number of likely N-dealkylation sites (N-methyl/N-ethyl adjacent to an activating group) is 1. The van der Waals surface area contributed by atoms with Gasteiger partial charge in [0.1, 0.15) is 6.54 Å². The van der Waals surface area contributed by atoms with Crippen LogP contribution >= 0.6 is 15.9 Å². The zero-order valence-electron chi connectivity index (χ0n) is 10.4. The van der Waals surface area contributed by atoms with E-state index in [1.165, 1.54) is 4.90 Å². The lowest BCUT2D eigenvalue weighted by molar-refractivity contribution is -0.127. The lowest BCUT2D eigenvalue weighted by Gasteiger charge is -2.23. The second kappa shape index (κ2) is 5.71. The zero-order valence-corrected chi connectivity index (χ0v) is 12.8. The second-order valence-electron chi connectivity index (χ2n) is 4.04. The summed E-state index contributed by atoms with van der Waals surface area (Å²) >= 11 is 3.28. The number of anilines is 1. The van der Waals surface area contributed by atoms with Gasteiger partial charge < -0.3 is 4.90 Å². The van der Waals surface area contributed by atoms with Crippen LogP contribution in [0, 0.1) is 0 Å². The summed E-state index contributed by atoms with van der Waals surface area (Å²) in [5, 5.41) is 0. The average molecular weight is 335 g/mol. The molecule has 0 saturated carbocycles. The highest BCUT2D eigenvalue weighted by atomic mass is 79.9. The van der Waals surface area contributed by atoms with E-state index in [0.717, 1.165) is 15.0 Å². The van der Waals surface area contributed by atoms with Gasteiger partial charge in [0, 0.05) is 18.6 Å². The Morgan fingerprint density at radius 2 is 1.94 bits per heavy atom. The number of rotatable bonds is 4. The molecule has 1 amide bonds. The Hall–Kier alpha value is -1.08. The number of halogens is 1. The molecular weight excluding hydrogens is 320 g/mol. The topological polar surface area (TPSA) is 57.7 Å². The van der Waals surface area contributed by atoms with Gasteiger partial charge in [0.05, 0.1) is 11.9 Å². The van der Waals surface area contributed by atoms with E-state index < -0.39 is 10.0 Å². The fourth-order valence-electron chi connectivity index (χ4n) is 1.30. The summed E-state index contributed by atoms with van der Waals surface area (Å²) in [5.74, 6) is -0.277. The van der Waals surface area contributed by atoms with E-state index in [2.05, 4.69) is 15.9 Å². The highest BCUT2D eigenvalue weighted by molar-refractivity contribution is 9.10. The van der Waals surface area contributed by atoms with Gasteiger partial charge in [-0.2, -0.15) is 0 Å². The van der Waals surface area contributed by atoms with Gasteiger partial charge in [0.25, 0.3) is 0 Å². The van der Waals surface area contributed by atoms with Crippen LogP contribution in [0.25, 0.3) is 0 Å². The molecule has 0 radical (unpaired) electrons. The van der Waals surface area contributed by atoms with E-state index in [9.17, 15) is 13.2 Å². The van der Waals surface area contributed by atoms with E-state index >= 15 is 0 Å². The summed E-state index contributed by atoms with van der Waals surface area (Å²) < 4.78 is 25.3. The van der Waals surface area contributed by atoms with Crippen LogP contribution in [0.2, 0.25) is 0 Å². The minimum atomic E-state index is -3.50. The molecule has 0 heterocycles. The van der Waals surface area contributed by atoms with Crippen LogP contribution < -0.4 is 4.31 Å². The normalized spacial score (nSPS) is 11.1. The molecule has 100 valence electrons. The molecule has 1 aromatic rings. The van der Waals surface area contributed by atoms with Crippen molar-refractivity contribution < 1.29 is 13.2 Å². The van der Waals surface area contributed by atoms with Gasteiger partial charge in [-0.25, -0.2) is 8.42 Å². The Balaban J connectivity index is 3.12. The van der Waals surface area contributed by atoms with Crippen molar-refractivity contribution in [3.8, 4) is 0 Å². The summed E-state index contributed by atoms with van der Waals surface area (Å²) in [7, 11) is -0.324. The highest BCUT2D eigenvalue weighted by Crippen LogP contribution is 2.21. The molecule has 1 aromatic carbocycles. The minimum absolute atomic E-state index is 0.206. The van der Waals surface area contributed by atoms with Crippen molar-refractivity contribution in [2.45, 2.75) is 0 Å². The molecule has 1 rings (SSSR count). The minimum Gasteiger partial charge on any atom is -0.347 e. The number of nitrogens with zero attached hydrogens (tertiary/aromatic N) is 2. The van der Waals surface area contributed by atoms with Crippen molar-refractivity contribution in [1.82, 2.24) is 4.90 Å². The van der Waals surface area contributed by atoms with E-state index in [-0.39, 0.29) is 12.5 Å². The first-order chi connectivity index (χ1) is 8.21. The molecule has 0 bridgehead atoms. The Morgan fingerprint density at radius 3 is 2.39 bits per heavy atom. The van der Waals surface area contributed by atoms with Gasteiger partial charge in [-0.15, -0.1) is 0 Å². The predicted octanol–water partition coefficient (Wildman–Crippen LogP) is 1.30. The van der Waals surface area contributed by atoms with E-state index in [1.54, 1.807) is 38.4 Å². The Labute approximate surface area is 116 Å². The van der Waals surface area contributed by atoms with E-state index in [1.807, 2.05) is 0 Å². The molecule has 0 saturated heterocycles. The van der Waals surface area contributed by atoms with E-state index in [0.29, 0.717) is 5.69 Å². The maximum absolute atomic E-state index is 11.7. The van der Waals surface area contributed by atoms with Crippen LogP contribution in [0.4, 0.5) is 5.69 Å². The first-order valence-corrected chi connectivity index (χ1v) is 7.79.